The van der Waals surface area contributed by atoms with E-state index >= 15 is 0 Å². The molecule has 0 aliphatic carbocycles. The molecule has 0 aromatic heterocycles. The monoisotopic (exact) mass is 643 g/mol. The lowest BCUT2D eigenvalue weighted by Gasteiger charge is -2.33. The summed E-state index contributed by atoms with van der Waals surface area (Å²) in [6.45, 7) is 1.68. The molecule has 214 valence electrons. The van der Waals surface area contributed by atoms with E-state index in [0.717, 1.165) is 16.1 Å². The van der Waals surface area contributed by atoms with Crippen molar-refractivity contribution in [2.45, 2.75) is 32.4 Å². The van der Waals surface area contributed by atoms with Crippen LogP contribution in [0.3, 0.4) is 0 Å². The highest BCUT2D eigenvalue weighted by Crippen LogP contribution is 2.29. The Morgan fingerprint density at radius 1 is 0.900 bits per heavy atom. The molecule has 2 amide bonds. The van der Waals surface area contributed by atoms with Crippen molar-refractivity contribution in [3.63, 3.8) is 0 Å². The lowest BCUT2D eigenvalue weighted by Crippen LogP contribution is -2.53. The fraction of sp³-hybridized carbons (Fsp3) is 0.286. The van der Waals surface area contributed by atoms with Gasteiger partial charge in [-0.2, -0.15) is 0 Å². The predicted molar refractivity (Wildman–Crippen MR) is 163 cm³/mol. The summed E-state index contributed by atoms with van der Waals surface area (Å²) in [5.74, 6) is -0.986. The Balaban J connectivity index is 2.08. The van der Waals surface area contributed by atoms with Crippen molar-refractivity contribution in [2.75, 3.05) is 23.7 Å². The summed E-state index contributed by atoms with van der Waals surface area (Å²) in [4.78, 5) is 28.9. The summed E-state index contributed by atoms with van der Waals surface area (Å²) in [5.41, 5.74) is 1.52. The molecule has 0 aliphatic rings. The van der Waals surface area contributed by atoms with Gasteiger partial charge in [0.05, 0.1) is 22.0 Å². The van der Waals surface area contributed by atoms with Crippen molar-refractivity contribution in [3.8, 4) is 0 Å². The van der Waals surface area contributed by atoms with Crippen molar-refractivity contribution >= 4 is 73.9 Å². The van der Waals surface area contributed by atoms with Crippen LogP contribution < -0.4 is 9.62 Å². The first kappa shape index (κ1) is 32.0. The summed E-state index contributed by atoms with van der Waals surface area (Å²) in [5, 5.41) is 3.96. The van der Waals surface area contributed by atoms with Gasteiger partial charge in [0.15, 0.2) is 0 Å². The number of hydrogen-bond donors (Lipinski definition) is 1. The average molecular weight is 645 g/mol. The minimum absolute atomic E-state index is 0.0646. The first-order valence-electron chi connectivity index (χ1n) is 12.4. The molecule has 3 rings (SSSR count). The van der Waals surface area contributed by atoms with Crippen LogP contribution in [0.4, 0.5) is 5.69 Å². The highest BCUT2D eigenvalue weighted by Gasteiger charge is 2.33. The molecule has 1 N–H and O–H groups in total. The van der Waals surface area contributed by atoms with Crippen LogP contribution in [0.5, 0.6) is 0 Å². The Morgan fingerprint density at radius 3 is 2.20 bits per heavy atom. The van der Waals surface area contributed by atoms with E-state index in [1.165, 1.54) is 23.1 Å². The van der Waals surface area contributed by atoms with Gasteiger partial charge >= 0.3 is 0 Å². The number of hydrogen-bond acceptors (Lipinski definition) is 4. The molecule has 0 bridgehead atoms. The first-order chi connectivity index (χ1) is 18.9. The third-order valence-electron chi connectivity index (χ3n) is 6.05. The third kappa shape index (κ3) is 8.75. The van der Waals surface area contributed by atoms with E-state index in [2.05, 4.69) is 5.32 Å². The van der Waals surface area contributed by atoms with Crippen molar-refractivity contribution in [3.05, 3.63) is 97.9 Å². The summed E-state index contributed by atoms with van der Waals surface area (Å²) >= 11 is 24.7. The van der Waals surface area contributed by atoms with E-state index in [4.69, 9.17) is 46.4 Å². The van der Waals surface area contributed by atoms with Gasteiger partial charge in [-0.05, 0) is 47.9 Å². The number of anilines is 1. The van der Waals surface area contributed by atoms with E-state index in [1.54, 1.807) is 18.2 Å². The van der Waals surface area contributed by atoms with Gasteiger partial charge in [-0.25, -0.2) is 8.42 Å². The van der Waals surface area contributed by atoms with Crippen LogP contribution in [0.15, 0.2) is 66.7 Å². The van der Waals surface area contributed by atoms with Crippen LogP contribution in [0.25, 0.3) is 0 Å². The zero-order valence-corrected chi connectivity index (χ0v) is 25.8. The molecule has 0 saturated carbocycles. The zero-order chi connectivity index (χ0) is 29.4. The third-order valence-corrected chi connectivity index (χ3v) is 8.51. The summed E-state index contributed by atoms with van der Waals surface area (Å²) in [6.07, 6.45) is 1.87. The minimum atomic E-state index is -3.94. The second-order valence-electron chi connectivity index (χ2n) is 9.12. The average Bonchev–Trinajstić information content (AvgIpc) is 2.90. The Labute approximate surface area is 255 Å². The van der Waals surface area contributed by atoms with E-state index in [9.17, 15) is 18.0 Å². The van der Waals surface area contributed by atoms with Crippen LogP contribution in [-0.4, -0.2) is 50.5 Å². The standard InChI is InChI=1S/C28H29Cl4N3O4S/c1-3-13-33-28(37)26(14-19-7-5-4-6-8-19)34(17-20-9-10-21(29)15-24(20)31)27(36)18-35(40(2,38)39)22-11-12-23(30)25(32)16-22/h4-12,15-16,26H,3,13-14,17-18H2,1-2H3,(H,33,37). The molecule has 0 spiro atoms. The normalized spacial score (nSPS) is 12.1. The topological polar surface area (TPSA) is 86.8 Å². The summed E-state index contributed by atoms with van der Waals surface area (Å²) < 4.78 is 26.6. The smallest absolute Gasteiger partial charge is 0.244 e. The number of amides is 2. The molecule has 0 saturated heterocycles. The van der Waals surface area contributed by atoms with Crippen LogP contribution in [0, 0.1) is 0 Å². The molecular weight excluding hydrogens is 616 g/mol. The Bertz CT molecular complexity index is 1460. The van der Waals surface area contributed by atoms with E-state index < -0.39 is 28.5 Å². The molecule has 0 fully saturated rings. The van der Waals surface area contributed by atoms with E-state index in [-0.39, 0.29) is 34.6 Å². The minimum Gasteiger partial charge on any atom is -0.354 e. The second-order valence-corrected chi connectivity index (χ2v) is 12.7. The fourth-order valence-corrected chi connectivity index (χ4v) is 5.61. The molecule has 12 heteroatoms. The maximum absolute atomic E-state index is 14.0. The molecule has 0 radical (unpaired) electrons. The second kappa shape index (κ2) is 14.4. The molecule has 3 aromatic rings. The number of nitrogens with one attached hydrogen (secondary N) is 1. The number of carbonyl (C=O) groups excluding carboxylic acids is 2. The van der Waals surface area contributed by atoms with Gasteiger partial charge in [-0.15, -0.1) is 0 Å². The van der Waals surface area contributed by atoms with Crippen molar-refractivity contribution in [1.82, 2.24) is 10.2 Å². The van der Waals surface area contributed by atoms with Gasteiger partial charge in [-0.3, -0.25) is 13.9 Å². The molecule has 40 heavy (non-hydrogen) atoms. The van der Waals surface area contributed by atoms with Gasteiger partial charge in [0.25, 0.3) is 0 Å². The number of nitrogens with zero attached hydrogens (tertiary/aromatic N) is 2. The molecular formula is C28H29Cl4N3O4S. The lowest BCUT2D eigenvalue weighted by atomic mass is 10.0. The lowest BCUT2D eigenvalue weighted by molar-refractivity contribution is -0.140. The van der Waals surface area contributed by atoms with Gasteiger partial charge < -0.3 is 10.2 Å². The van der Waals surface area contributed by atoms with Crippen molar-refractivity contribution in [1.29, 1.82) is 0 Å². The van der Waals surface area contributed by atoms with Crippen molar-refractivity contribution < 1.29 is 18.0 Å². The number of sulfonamides is 1. The van der Waals surface area contributed by atoms with Crippen LogP contribution in [0.2, 0.25) is 20.1 Å². The molecule has 1 atom stereocenters. The SMILES string of the molecule is CCCNC(=O)C(Cc1ccccc1)N(Cc1ccc(Cl)cc1Cl)C(=O)CN(c1ccc(Cl)c(Cl)c1)S(C)(=O)=O. The Kier molecular flexibility index (Phi) is 11.5. The van der Waals surface area contributed by atoms with Gasteiger partial charge in [0.2, 0.25) is 21.8 Å². The highest BCUT2D eigenvalue weighted by molar-refractivity contribution is 7.92. The number of carbonyl (C=O) groups is 2. The molecule has 7 nitrogen and oxygen atoms in total. The maximum Gasteiger partial charge on any atom is 0.244 e. The van der Waals surface area contributed by atoms with Gasteiger partial charge in [0, 0.05) is 29.6 Å². The quantitative estimate of drug-likeness (QED) is 0.253. The predicted octanol–water partition coefficient (Wildman–Crippen LogP) is 6.23. The number of rotatable bonds is 12. The van der Waals surface area contributed by atoms with Crippen LogP contribution >= 0.6 is 46.4 Å². The molecule has 1 unspecified atom stereocenters. The fourth-order valence-electron chi connectivity index (χ4n) is 4.01. The molecule has 0 heterocycles. The van der Waals surface area contributed by atoms with Crippen LogP contribution in [-0.2, 0) is 32.6 Å². The van der Waals surface area contributed by atoms with Gasteiger partial charge in [0.1, 0.15) is 12.6 Å². The van der Waals surface area contributed by atoms with Crippen molar-refractivity contribution in [2.24, 2.45) is 0 Å². The number of benzene rings is 3. The van der Waals surface area contributed by atoms with Gasteiger partial charge in [-0.1, -0.05) is 89.7 Å². The maximum atomic E-state index is 14.0. The Hall–Kier alpha value is -2.49. The highest BCUT2D eigenvalue weighted by atomic mass is 35.5. The van der Waals surface area contributed by atoms with E-state index in [0.29, 0.717) is 28.6 Å². The first-order valence-corrected chi connectivity index (χ1v) is 15.7. The van der Waals surface area contributed by atoms with E-state index in [1.807, 2.05) is 37.3 Å². The largest absolute Gasteiger partial charge is 0.354 e. The summed E-state index contributed by atoms with van der Waals surface area (Å²) in [7, 11) is -3.94. The summed E-state index contributed by atoms with van der Waals surface area (Å²) in [6, 6.07) is 17.4. The molecule has 3 aromatic carbocycles. The van der Waals surface area contributed by atoms with Crippen LogP contribution in [0.1, 0.15) is 24.5 Å². The zero-order valence-electron chi connectivity index (χ0n) is 21.9. The number of halogens is 4. The Morgan fingerprint density at radius 2 is 1.60 bits per heavy atom. The molecule has 0 aliphatic heterocycles.